The Balaban J connectivity index is 1.49. The summed E-state index contributed by atoms with van der Waals surface area (Å²) in [4.78, 5) is 15.0. The van der Waals surface area contributed by atoms with Crippen LogP contribution in [0.25, 0.3) is 11.1 Å². The van der Waals surface area contributed by atoms with Gasteiger partial charge in [-0.2, -0.15) is 5.10 Å². The summed E-state index contributed by atoms with van der Waals surface area (Å²) in [5.41, 5.74) is 3.40. The first-order valence-corrected chi connectivity index (χ1v) is 9.31. The maximum Gasteiger partial charge on any atom is 0.271 e. The Labute approximate surface area is 157 Å². The highest BCUT2D eigenvalue weighted by Gasteiger charge is 2.30. The van der Waals surface area contributed by atoms with E-state index in [2.05, 4.69) is 27.5 Å². The predicted octanol–water partition coefficient (Wildman–Crippen LogP) is 2.88. The number of aliphatic hydroxyl groups is 1. The number of aromatic amines is 1. The van der Waals surface area contributed by atoms with Gasteiger partial charge in [0.2, 0.25) is 0 Å². The Morgan fingerprint density at radius 2 is 2.04 bits per heavy atom. The molecule has 0 saturated heterocycles. The summed E-state index contributed by atoms with van der Waals surface area (Å²) in [5.74, 6) is 0.360. The van der Waals surface area contributed by atoms with E-state index in [4.69, 9.17) is 0 Å². The van der Waals surface area contributed by atoms with Crippen LogP contribution in [0.3, 0.4) is 0 Å². The first-order chi connectivity index (χ1) is 13.1. The summed E-state index contributed by atoms with van der Waals surface area (Å²) in [5, 5.41) is 18.1. The molecule has 0 radical (unpaired) electrons. The standard InChI is InChI=1S/C21H24N4O2/c1-25-13-17(12-23-25)16-9-19(21(27)22-11-16)24-18-8-7-15(10-20(18)26)14-5-3-2-4-6-14/h2-6,9,11-13,15,18,20,24,26H,7-8,10H2,1H3,(H,22,27)/t15-,18-,20?/m1/s1. The molecule has 2 aromatic heterocycles. The van der Waals surface area contributed by atoms with Crippen molar-refractivity contribution in [1.29, 1.82) is 0 Å². The fourth-order valence-corrected chi connectivity index (χ4v) is 3.87. The Kier molecular flexibility index (Phi) is 4.81. The molecule has 1 saturated carbocycles. The van der Waals surface area contributed by atoms with E-state index in [0.717, 1.165) is 24.0 Å². The summed E-state index contributed by atoms with van der Waals surface area (Å²) in [6.07, 6.45) is 7.35. The van der Waals surface area contributed by atoms with E-state index in [1.165, 1.54) is 5.56 Å². The fourth-order valence-electron chi connectivity index (χ4n) is 3.87. The third kappa shape index (κ3) is 3.80. The van der Waals surface area contributed by atoms with Crippen molar-refractivity contribution in [2.75, 3.05) is 5.32 Å². The van der Waals surface area contributed by atoms with Crippen LogP contribution in [0.5, 0.6) is 0 Å². The molecule has 2 heterocycles. The molecule has 3 atom stereocenters. The highest BCUT2D eigenvalue weighted by molar-refractivity contribution is 5.65. The number of aromatic nitrogens is 3. The van der Waals surface area contributed by atoms with E-state index in [-0.39, 0.29) is 11.6 Å². The van der Waals surface area contributed by atoms with Gasteiger partial charge >= 0.3 is 0 Å². The zero-order valence-corrected chi connectivity index (χ0v) is 15.3. The second-order valence-electron chi connectivity index (χ2n) is 7.27. The van der Waals surface area contributed by atoms with E-state index < -0.39 is 6.10 Å². The topological polar surface area (TPSA) is 82.9 Å². The van der Waals surface area contributed by atoms with Gasteiger partial charge in [0.05, 0.1) is 18.3 Å². The fraction of sp³-hybridized carbons (Fsp3) is 0.333. The minimum absolute atomic E-state index is 0.129. The van der Waals surface area contributed by atoms with Gasteiger partial charge in [-0.1, -0.05) is 30.3 Å². The van der Waals surface area contributed by atoms with Crippen LogP contribution in [0.2, 0.25) is 0 Å². The molecule has 3 aromatic rings. The van der Waals surface area contributed by atoms with Gasteiger partial charge in [0.25, 0.3) is 5.56 Å². The maximum absolute atomic E-state index is 12.3. The van der Waals surface area contributed by atoms with Gasteiger partial charge in [-0.15, -0.1) is 0 Å². The molecule has 27 heavy (non-hydrogen) atoms. The van der Waals surface area contributed by atoms with E-state index in [9.17, 15) is 9.90 Å². The van der Waals surface area contributed by atoms with Crippen molar-refractivity contribution in [3.63, 3.8) is 0 Å². The molecule has 140 valence electrons. The van der Waals surface area contributed by atoms with Crippen LogP contribution in [0.15, 0.2) is 59.8 Å². The predicted molar refractivity (Wildman–Crippen MR) is 106 cm³/mol. The van der Waals surface area contributed by atoms with Crippen molar-refractivity contribution in [2.24, 2.45) is 7.05 Å². The monoisotopic (exact) mass is 364 g/mol. The van der Waals surface area contributed by atoms with Crippen LogP contribution in [0.1, 0.15) is 30.7 Å². The summed E-state index contributed by atoms with van der Waals surface area (Å²) in [7, 11) is 1.86. The van der Waals surface area contributed by atoms with Crippen molar-refractivity contribution < 1.29 is 5.11 Å². The van der Waals surface area contributed by atoms with Crippen LogP contribution < -0.4 is 10.9 Å². The number of pyridine rings is 1. The summed E-state index contributed by atoms with van der Waals surface area (Å²) < 4.78 is 1.72. The number of H-pyrrole nitrogens is 1. The first-order valence-electron chi connectivity index (χ1n) is 9.31. The average molecular weight is 364 g/mol. The number of anilines is 1. The van der Waals surface area contributed by atoms with Gasteiger partial charge in [-0.05, 0) is 36.8 Å². The molecule has 0 spiro atoms. The Morgan fingerprint density at radius 3 is 2.74 bits per heavy atom. The molecule has 4 rings (SSSR count). The van der Waals surface area contributed by atoms with Gasteiger partial charge in [-0.3, -0.25) is 9.48 Å². The van der Waals surface area contributed by atoms with Crippen molar-refractivity contribution in [3.8, 4) is 11.1 Å². The van der Waals surface area contributed by atoms with Gasteiger partial charge < -0.3 is 15.4 Å². The smallest absolute Gasteiger partial charge is 0.271 e. The zero-order chi connectivity index (χ0) is 18.8. The highest BCUT2D eigenvalue weighted by Crippen LogP contribution is 2.34. The van der Waals surface area contributed by atoms with Crippen molar-refractivity contribution in [3.05, 3.63) is 70.9 Å². The number of nitrogens with one attached hydrogen (secondary N) is 2. The van der Waals surface area contributed by atoms with Gasteiger partial charge in [0.15, 0.2) is 0 Å². The Bertz CT molecular complexity index is 964. The molecule has 0 bridgehead atoms. The largest absolute Gasteiger partial charge is 0.391 e. The summed E-state index contributed by atoms with van der Waals surface area (Å²) in [6, 6.07) is 12.0. The first kappa shape index (κ1) is 17.5. The SMILES string of the molecule is Cn1cc(-c2c[nH]c(=O)c(N[C@@H]3CC[C@@H](c4ccccc4)CC3O)c2)cn1. The molecular weight excluding hydrogens is 340 g/mol. The molecule has 1 aliphatic carbocycles. The van der Waals surface area contributed by atoms with Gasteiger partial charge in [0, 0.05) is 30.6 Å². The maximum atomic E-state index is 12.3. The number of benzene rings is 1. The molecule has 3 N–H and O–H groups in total. The Hall–Kier alpha value is -2.86. The zero-order valence-electron chi connectivity index (χ0n) is 15.3. The molecule has 6 heteroatoms. The number of rotatable bonds is 4. The van der Waals surface area contributed by atoms with Gasteiger partial charge in [-0.25, -0.2) is 0 Å². The lowest BCUT2D eigenvalue weighted by Crippen LogP contribution is -2.40. The Morgan fingerprint density at radius 1 is 1.22 bits per heavy atom. The van der Waals surface area contributed by atoms with E-state index in [1.54, 1.807) is 17.1 Å². The van der Waals surface area contributed by atoms with Crippen LogP contribution in [-0.4, -0.2) is 32.0 Å². The molecule has 0 amide bonds. The second kappa shape index (κ2) is 7.40. The third-order valence-corrected chi connectivity index (χ3v) is 5.37. The van der Waals surface area contributed by atoms with Crippen molar-refractivity contribution in [2.45, 2.75) is 37.3 Å². The number of aryl methyl sites for hydroxylation is 1. The molecule has 0 aliphatic heterocycles. The molecule has 1 fully saturated rings. The van der Waals surface area contributed by atoms with E-state index in [1.807, 2.05) is 37.5 Å². The summed E-state index contributed by atoms with van der Waals surface area (Å²) in [6.45, 7) is 0. The number of hydrogen-bond donors (Lipinski definition) is 3. The lowest BCUT2D eigenvalue weighted by molar-refractivity contribution is 0.106. The number of aliphatic hydroxyl groups excluding tert-OH is 1. The quantitative estimate of drug-likeness (QED) is 0.665. The van der Waals surface area contributed by atoms with Crippen LogP contribution >= 0.6 is 0 Å². The van der Waals surface area contributed by atoms with E-state index in [0.29, 0.717) is 18.0 Å². The molecular formula is C21H24N4O2. The highest BCUT2D eigenvalue weighted by atomic mass is 16.3. The minimum atomic E-state index is -0.495. The average Bonchev–Trinajstić information content (AvgIpc) is 3.12. The lowest BCUT2D eigenvalue weighted by atomic mass is 9.80. The normalized spacial score (nSPS) is 22.5. The third-order valence-electron chi connectivity index (χ3n) is 5.37. The number of nitrogens with zero attached hydrogens (tertiary/aromatic N) is 2. The molecule has 1 aromatic carbocycles. The lowest BCUT2D eigenvalue weighted by Gasteiger charge is -2.34. The van der Waals surface area contributed by atoms with Crippen molar-refractivity contribution >= 4 is 5.69 Å². The van der Waals surface area contributed by atoms with Crippen LogP contribution in [0.4, 0.5) is 5.69 Å². The molecule has 1 aliphatic rings. The summed E-state index contributed by atoms with van der Waals surface area (Å²) >= 11 is 0. The molecule has 1 unspecified atom stereocenters. The van der Waals surface area contributed by atoms with E-state index >= 15 is 0 Å². The van der Waals surface area contributed by atoms with Gasteiger partial charge in [0.1, 0.15) is 5.69 Å². The van der Waals surface area contributed by atoms with Crippen LogP contribution in [-0.2, 0) is 7.05 Å². The minimum Gasteiger partial charge on any atom is -0.391 e. The molecule has 6 nitrogen and oxygen atoms in total. The van der Waals surface area contributed by atoms with Crippen molar-refractivity contribution in [1.82, 2.24) is 14.8 Å². The second-order valence-corrected chi connectivity index (χ2v) is 7.27. The number of hydrogen-bond acceptors (Lipinski definition) is 4. The van der Waals surface area contributed by atoms with Crippen LogP contribution in [0, 0.1) is 0 Å².